The zero-order chi connectivity index (χ0) is 13.4. The van der Waals surface area contributed by atoms with Crippen molar-refractivity contribution < 1.29 is 19.5 Å². The lowest BCUT2D eigenvalue weighted by Crippen LogP contribution is -2.25. The maximum absolute atomic E-state index is 11.7. The standard InChI is InChI=1S/C11H7Br2NO4/c12-7-1-5(11(17)18)2-8(13)10(7)14-4-6(15)3-9(14)16/h1-2H,3-4H2,(H,17,18). The number of Topliss-reactive ketones (excluding diaryl/α,β-unsaturated/α-hetero) is 1. The van der Waals surface area contributed by atoms with Crippen LogP contribution in [0.25, 0.3) is 0 Å². The van der Waals surface area contributed by atoms with Crippen molar-refractivity contribution in [3.63, 3.8) is 0 Å². The van der Waals surface area contributed by atoms with Gasteiger partial charge in [-0.2, -0.15) is 0 Å². The molecule has 0 unspecified atom stereocenters. The highest BCUT2D eigenvalue weighted by atomic mass is 79.9. The van der Waals surface area contributed by atoms with Crippen LogP contribution in [0.2, 0.25) is 0 Å². The number of hydrogen-bond acceptors (Lipinski definition) is 3. The molecule has 1 N–H and O–H groups in total. The van der Waals surface area contributed by atoms with E-state index in [0.717, 1.165) is 0 Å². The summed E-state index contributed by atoms with van der Waals surface area (Å²) in [6, 6.07) is 2.80. The predicted molar refractivity (Wildman–Crippen MR) is 70.8 cm³/mol. The molecule has 1 aromatic carbocycles. The third-order valence-electron chi connectivity index (χ3n) is 2.52. The summed E-state index contributed by atoms with van der Waals surface area (Å²) >= 11 is 6.45. The molecule has 0 radical (unpaired) electrons. The number of halogens is 2. The highest BCUT2D eigenvalue weighted by molar-refractivity contribution is 9.11. The first-order chi connectivity index (χ1) is 8.40. The SMILES string of the molecule is O=C1CC(=O)N(c2c(Br)cc(C(=O)O)cc2Br)C1. The van der Waals surface area contributed by atoms with E-state index in [0.29, 0.717) is 14.6 Å². The van der Waals surface area contributed by atoms with Gasteiger partial charge in [-0.15, -0.1) is 0 Å². The third kappa shape index (κ3) is 2.32. The van der Waals surface area contributed by atoms with Crippen molar-refractivity contribution in [3.05, 3.63) is 26.6 Å². The molecule has 2 rings (SSSR count). The number of amides is 1. The van der Waals surface area contributed by atoms with Crippen LogP contribution in [0, 0.1) is 0 Å². The lowest BCUT2D eigenvalue weighted by atomic mass is 10.2. The molecule has 1 heterocycles. The van der Waals surface area contributed by atoms with E-state index >= 15 is 0 Å². The maximum atomic E-state index is 11.7. The van der Waals surface area contributed by atoms with Crippen LogP contribution in [0.15, 0.2) is 21.1 Å². The van der Waals surface area contributed by atoms with E-state index in [9.17, 15) is 14.4 Å². The summed E-state index contributed by atoms with van der Waals surface area (Å²) in [5.41, 5.74) is 0.575. The van der Waals surface area contributed by atoms with Crippen LogP contribution in [0.4, 0.5) is 5.69 Å². The van der Waals surface area contributed by atoms with Crippen LogP contribution < -0.4 is 4.90 Å². The Kier molecular flexibility index (Phi) is 3.54. The van der Waals surface area contributed by atoms with Crippen LogP contribution in [-0.2, 0) is 9.59 Å². The molecular formula is C11H7Br2NO4. The van der Waals surface area contributed by atoms with Crippen molar-refractivity contribution in [3.8, 4) is 0 Å². The van der Waals surface area contributed by atoms with Gasteiger partial charge in [0.2, 0.25) is 5.91 Å². The van der Waals surface area contributed by atoms with Gasteiger partial charge >= 0.3 is 5.97 Å². The second-order valence-corrected chi connectivity index (χ2v) is 5.50. The summed E-state index contributed by atoms with van der Waals surface area (Å²) in [4.78, 5) is 35.1. The average Bonchev–Trinajstić information content (AvgIpc) is 2.56. The van der Waals surface area contributed by atoms with Gasteiger partial charge in [-0.1, -0.05) is 0 Å². The minimum Gasteiger partial charge on any atom is -0.478 e. The molecule has 1 aliphatic heterocycles. The molecule has 18 heavy (non-hydrogen) atoms. The Morgan fingerprint density at radius 3 is 2.17 bits per heavy atom. The first-order valence-electron chi connectivity index (χ1n) is 4.94. The molecule has 1 aliphatic rings. The van der Waals surface area contributed by atoms with E-state index in [1.54, 1.807) is 0 Å². The fraction of sp³-hybridized carbons (Fsp3) is 0.182. The molecule has 0 atom stereocenters. The normalized spacial score (nSPS) is 15.3. The number of carboxylic acids is 1. The Morgan fingerprint density at radius 1 is 1.22 bits per heavy atom. The van der Waals surface area contributed by atoms with E-state index in [1.807, 2.05) is 0 Å². The van der Waals surface area contributed by atoms with Gasteiger partial charge in [0.05, 0.1) is 24.2 Å². The van der Waals surface area contributed by atoms with E-state index in [4.69, 9.17) is 5.11 Å². The summed E-state index contributed by atoms with van der Waals surface area (Å²) in [6.07, 6.45) is -0.112. The molecule has 1 saturated heterocycles. The molecule has 1 amide bonds. The van der Waals surface area contributed by atoms with Gasteiger partial charge in [0.15, 0.2) is 5.78 Å². The minimum absolute atomic E-state index is 0.0163. The quantitative estimate of drug-likeness (QED) is 0.803. The number of aromatic carboxylic acids is 1. The summed E-state index contributed by atoms with van der Waals surface area (Å²) in [5.74, 6) is -1.50. The van der Waals surface area contributed by atoms with Gasteiger partial charge in [0.1, 0.15) is 0 Å². The number of rotatable bonds is 2. The average molecular weight is 377 g/mol. The number of carboxylic acid groups (broad SMARTS) is 1. The molecule has 0 spiro atoms. The van der Waals surface area contributed by atoms with Crippen molar-refractivity contribution in [1.29, 1.82) is 0 Å². The molecular weight excluding hydrogens is 370 g/mol. The van der Waals surface area contributed by atoms with E-state index in [1.165, 1.54) is 17.0 Å². The summed E-state index contributed by atoms with van der Waals surface area (Å²) in [6.45, 7) is 0.0163. The second-order valence-electron chi connectivity index (χ2n) is 3.79. The first kappa shape index (κ1) is 13.2. The smallest absolute Gasteiger partial charge is 0.335 e. The van der Waals surface area contributed by atoms with Crippen molar-refractivity contribution in [2.75, 3.05) is 11.4 Å². The second kappa shape index (κ2) is 4.81. The Balaban J connectivity index is 2.49. The van der Waals surface area contributed by atoms with Crippen molar-refractivity contribution in [2.45, 2.75) is 6.42 Å². The van der Waals surface area contributed by atoms with Gasteiger partial charge in [0.25, 0.3) is 0 Å². The number of nitrogens with zero attached hydrogens (tertiary/aromatic N) is 1. The molecule has 94 valence electrons. The first-order valence-corrected chi connectivity index (χ1v) is 6.53. The van der Waals surface area contributed by atoms with Crippen molar-refractivity contribution in [1.82, 2.24) is 0 Å². The van der Waals surface area contributed by atoms with Crippen LogP contribution in [0.3, 0.4) is 0 Å². The van der Waals surface area contributed by atoms with Crippen molar-refractivity contribution >= 4 is 55.2 Å². The fourth-order valence-corrected chi connectivity index (χ4v) is 3.35. The zero-order valence-electron chi connectivity index (χ0n) is 8.94. The molecule has 1 aromatic rings. The molecule has 7 heteroatoms. The lowest BCUT2D eigenvalue weighted by Gasteiger charge is -2.18. The summed E-state index contributed by atoms with van der Waals surface area (Å²) in [5, 5.41) is 8.91. The molecule has 1 fully saturated rings. The van der Waals surface area contributed by atoms with Gasteiger partial charge < -0.3 is 10.0 Å². The summed E-state index contributed by atoms with van der Waals surface area (Å²) < 4.78 is 0.912. The summed E-state index contributed by atoms with van der Waals surface area (Å²) in [7, 11) is 0. The number of hydrogen-bond donors (Lipinski definition) is 1. The van der Waals surface area contributed by atoms with E-state index in [-0.39, 0.29) is 30.2 Å². The third-order valence-corrected chi connectivity index (χ3v) is 3.73. The molecule has 0 aliphatic carbocycles. The number of carbonyl (C=O) groups excluding carboxylic acids is 2. The van der Waals surface area contributed by atoms with E-state index in [2.05, 4.69) is 31.9 Å². The molecule has 0 bridgehead atoms. The van der Waals surface area contributed by atoms with Gasteiger partial charge in [0, 0.05) is 8.95 Å². The maximum Gasteiger partial charge on any atom is 0.335 e. The highest BCUT2D eigenvalue weighted by Gasteiger charge is 2.31. The Labute approximate surface area is 119 Å². The minimum atomic E-state index is -1.06. The number of anilines is 1. The van der Waals surface area contributed by atoms with E-state index < -0.39 is 5.97 Å². The number of benzene rings is 1. The predicted octanol–water partition coefficient (Wildman–Crippen LogP) is 2.22. The Bertz CT molecular complexity index is 547. The Morgan fingerprint density at radius 2 is 1.78 bits per heavy atom. The van der Waals surface area contributed by atoms with Gasteiger partial charge in [-0.25, -0.2) is 4.79 Å². The van der Waals surface area contributed by atoms with Crippen LogP contribution >= 0.6 is 31.9 Å². The number of ketones is 1. The molecule has 0 saturated carbocycles. The largest absolute Gasteiger partial charge is 0.478 e. The highest BCUT2D eigenvalue weighted by Crippen LogP contribution is 2.37. The molecule has 5 nitrogen and oxygen atoms in total. The van der Waals surface area contributed by atoms with Gasteiger partial charge in [-0.3, -0.25) is 9.59 Å². The monoisotopic (exact) mass is 375 g/mol. The van der Waals surface area contributed by atoms with Gasteiger partial charge in [-0.05, 0) is 44.0 Å². The van der Waals surface area contributed by atoms with Crippen LogP contribution in [-0.4, -0.2) is 29.3 Å². The van der Waals surface area contributed by atoms with Crippen LogP contribution in [0.1, 0.15) is 16.8 Å². The Hall–Kier alpha value is -1.21. The molecule has 0 aromatic heterocycles. The van der Waals surface area contributed by atoms with Crippen molar-refractivity contribution in [2.24, 2.45) is 0 Å². The fourth-order valence-electron chi connectivity index (χ4n) is 1.74. The topological polar surface area (TPSA) is 74.7 Å². The zero-order valence-corrected chi connectivity index (χ0v) is 12.1. The van der Waals surface area contributed by atoms with Crippen LogP contribution in [0.5, 0.6) is 0 Å². The number of carbonyl (C=O) groups is 3. The lowest BCUT2D eigenvalue weighted by molar-refractivity contribution is -0.121.